The van der Waals surface area contributed by atoms with Gasteiger partial charge in [-0.15, -0.1) is 0 Å². The maximum Gasteiger partial charge on any atom is 0.338 e. The zero-order valence-corrected chi connectivity index (χ0v) is 15.6. The van der Waals surface area contributed by atoms with Crippen molar-refractivity contribution in [3.8, 4) is 6.07 Å². The molecule has 0 aliphatic carbocycles. The molecule has 2 aromatic rings. The van der Waals surface area contributed by atoms with E-state index in [0.717, 1.165) is 4.90 Å². The summed E-state index contributed by atoms with van der Waals surface area (Å²) < 4.78 is 5.07. The normalized spacial score (nSPS) is 12.3. The van der Waals surface area contributed by atoms with Gasteiger partial charge in [-0.3, -0.25) is 14.4 Å². The second-order valence-electron chi connectivity index (χ2n) is 6.33. The minimum absolute atomic E-state index is 0.100. The van der Waals surface area contributed by atoms with E-state index in [2.05, 4.69) is 5.32 Å². The highest BCUT2D eigenvalue weighted by atomic mass is 16.5. The molecule has 1 heterocycles. The molecule has 146 valence electrons. The van der Waals surface area contributed by atoms with Crippen molar-refractivity contribution in [2.75, 3.05) is 16.8 Å². The smallest absolute Gasteiger partial charge is 0.338 e. The van der Waals surface area contributed by atoms with Crippen molar-refractivity contribution in [1.82, 2.24) is 0 Å². The Kier molecular flexibility index (Phi) is 5.69. The lowest BCUT2D eigenvalue weighted by molar-refractivity contribution is -0.114. The Balaban J connectivity index is 1.79. The van der Waals surface area contributed by atoms with Crippen molar-refractivity contribution in [2.45, 2.75) is 19.8 Å². The maximum absolute atomic E-state index is 12.8. The molecule has 8 heteroatoms. The predicted molar refractivity (Wildman–Crippen MR) is 103 cm³/mol. The number of benzene rings is 2. The highest BCUT2D eigenvalue weighted by Gasteiger charge is 2.37. The summed E-state index contributed by atoms with van der Waals surface area (Å²) in [5.74, 6) is -1.89. The first-order valence-corrected chi connectivity index (χ1v) is 8.87. The number of hydrogen-bond acceptors (Lipinski definition) is 6. The Morgan fingerprint density at radius 3 is 2.41 bits per heavy atom. The average molecular weight is 391 g/mol. The number of carbonyl (C=O) groups excluding carboxylic acids is 4. The predicted octanol–water partition coefficient (Wildman–Crippen LogP) is 2.91. The minimum atomic E-state index is -0.621. The zero-order chi connectivity index (χ0) is 21.0. The summed E-state index contributed by atoms with van der Waals surface area (Å²) in [6, 6.07) is 12.4. The molecule has 8 nitrogen and oxygen atoms in total. The molecular weight excluding hydrogens is 374 g/mol. The van der Waals surface area contributed by atoms with E-state index in [4.69, 9.17) is 10.00 Å². The molecule has 0 saturated heterocycles. The van der Waals surface area contributed by atoms with E-state index in [1.807, 2.05) is 6.07 Å². The number of imide groups is 1. The molecule has 3 amide bonds. The van der Waals surface area contributed by atoms with Crippen LogP contribution in [0.4, 0.5) is 11.4 Å². The summed E-state index contributed by atoms with van der Waals surface area (Å²) in [5.41, 5.74) is 1.37. The SMILES string of the molecule is CC(=O)Nc1ccc(N2C(=O)c3ccc(C(=O)OCCCC#N)cc3C2=O)cc1. The third kappa shape index (κ3) is 4.14. The number of nitrogens with zero attached hydrogens (tertiary/aromatic N) is 2. The molecule has 2 aromatic carbocycles. The van der Waals surface area contributed by atoms with Crippen LogP contribution in [0.1, 0.15) is 50.8 Å². The number of anilines is 2. The number of carbonyl (C=O) groups is 4. The fraction of sp³-hybridized carbons (Fsp3) is 0.190. The number of rotatable bonds is 6. The molecule has 0 radical (unpaired) electrons. The molecule has 1 aliphatic heterocycles. The van der Waals surface area contributed by atoms with Crippen molar-refractivity contribution >= 4 is 35.1 Å². The molecule has 1 N–H and O–H groups in total. The number of amides is 3. The van der Waals surface area contributed by atoms with Gasteiger partial charge < -0.3 is 10.1 Å². The average Bonchev–Trinajstić information content (AvgIpc) is 2.95. The van der Waals surface area contributed by atoms with Gasteiger partial charge in [0.25, 0.3) is 11.8 Å². The molecule has 1 aliphatic rings. The number of nitrogens with one attached hydrogen (secondary N) is 1. The quantitative estimate of drug-likeness (QED) is 0.460. The lowest BCUT2D eigenvalue weighted by Crippen LogP contribution is -2.29. The fourth-order valence-corrected chi connectivity index (χ4v) is 2.90. The van der Waals surface area contributed by atoms with E-state index in [1.165, 1.54) is 25.1 Å². The molecule has 0 aromatic heterocycles. The van der Waals surface area contributed by atoms with Gasteiger partial charge in [-0.2, -0.15) is 5.26 Å². The second kappa shape index (κ2) is 8.35. The van der Waals surface area contributed by atoms with Crippen molar-refractivity contribution in [1.29, 1.82) is 5.26 Å². The molecule has 29 heavy (non-hydrogen) atoms. The number of ether oxygens (including phenoxy) is 1. The third-order valence-corrected chi connectivity index (χ3v) is 4.23. The molecular formula is C21H17N3O5. The Morgan fingerprint density at radius 2 is 1.76 bits per heavy atom. The van der Waals surface area contributed by atoms with E-state index in [9.17, 15) is 19.2 Å². The number of nitriles is 1. The fourth-order valence-electron chi connectivity index (χ4n) is 2.90. The first kappa shape index (κ1) is 19.8. The minimum Gasteiger partial charge on any atom is -0.462 e. The van der Waals surface area contributed by atoms with Crippen LogP contribution in [-0.2, 0) is 9.53 Å². The Labute approximate surface area is 166 Å². The molecule has 0 bridgehead atoms. The molecule has 0 spiro atoms. The first-order chi connectivity index (χ1) is 13.9. The van der Waals surface area contributed by atoms with Gasteiger partial charge in [0, 0.05) is 19.0 Å². The monoisotopic (exact) mass is 391 g/mol. The van der Waals surface area contributed by atoms with E-state index >= 15 is 0 Å². The van der Waals surface area contributed by atoms with Gasteiger partial charge in [-0.25, -0.2) is 9.69 Å². The summed E-state index contributed by atoms with van der Waals surface area (Å²) in [4.78, 5) is 49.7. The zero-order valence-electron chi connectivity index (χ0n) is 15.6. The number of hydrogen-bond donors (Lipinski definition) is 1. The van der Waals surface area contributed by atoms with Crippen LogP contribution in [-0.4, -0.2) is 30.3 Å². The van der Waals surface area contributed by atoms with Crippen molar-refractivity contribution in [2.24, 2.45) is 0 Å². The summed E-state index contributed by atoms with van der Waals surface area (Å²) in [6.45, 7) is 1.48. The van der Waals surface area contributed by atoms with Gasteiger partial charge in [0.15, 0.2) is 0 Å². The molecule has 0 saturated carbocycles. The van der Waals surface area contributed by atoms with Crippen LogP contribution in [0.3, 0.4) is 0 Å². The molecule has 0 unspecified atom stereocenters. The third-order valence-electron chi connectivity index (χ3n) is 4.23. The lowest BCUT2D eigenvalue weighted by atomic mass is 10.1. The Morgan fingerprint density at radius 1 is 1.07 bits per heavy atom. The van der Waals surface area contributed by atoms with Crippen molar-refractivity contribution < 1.29 is 23.9 Å². The second-order valence-corrected chi connectivity index (χ2v) is 6.33. The molecule has 3 rings (SSSR count). The van der Waals surface area contributed by atoms with Crippen LogP contribution >= 0.6 is 0 Å². The van der Waals surface area contributed by atoms with Gasteiger partial charge in [-0.1, -0.05) is 0 Å². The highest BCUT2D eigenvalue weighted by molar-refractivity contribution is 6.34. The van der Waals surface area contributed by atoms with Gasteiger partial charge >= 0.3 is 5.97 Å². The number of unbranched alkanes of at least 4 members (excludes halogenated alkanes) is 1. The summed E-state index contributed by atoms with van der Waals surface area (Å²) in [5, 5.41) is 11.1. The number of fused-ring (bicyclic) bond motifs is 1. The van der Waals surface area contributed by atoms with E-state index in [0.29, 0.717) is 17.8 Å². The van der Waals surface area contributed by atoms with Crippen LogP contribution in [0, 0.1) is 11.3 Å². The van der Waals surface area contributed by atoms with Crippen LogP contribution in [0.5, 0.6) is 0 Å². The standard InChI is InChI=1S/C21H17N3O5/c1-13(25)23-15-5-7-16(8-6-15)24-19(26)17-9-4-14(12-18(17)20(24)27)21(28)29-11-3-2-10-22/h4-9,12H,2-3,11H2,1H3,(H,23,25). The van der Waals surface area contributed by atoms with Gasteiger partial charge in [-0.05, 0) is 48.9 Å². The van der Waals surface area contributed by atoms with Crippen LogP contribution in [0.15, 0.2) is 42.5 Å². The Bertz CT molecular complexity index is 1040. The number of esters is 1. The van der Waals surface area contributed by atoms with E-state index in [-0.39, 0.29) is 35.6 Å². The van der Waals surface area contributed by atoms with Gasteiger partial charge in [0.05, 0.1) is 35.1 Å². The van der Waals surface area contributed by atoms with Crippen LogP contribution < -0.4 is 10.2 Å². The highest BCUT2D eigenvalue weighted by Crippen LogP contribution is 2.30. The summed E-state index contributed by atoms with van der Waals surface area (Å²) in [7, 11) is 0. The van der Waals surface area contributed by atoms with Crippen LogP contribution in [0.2, 0.25) is 0 Å². The molecule has 0 atom stereocenters. The Hall–Kier alpha value is -3.99. The van der Waals surface area contributed by atoms with Gasteiger partial charge in [0.2, 0.25) is 5.91 Å². The van der Waals surface area contributed by atoms with Gasteiger partial charge in [0.1, 0.15) is 0 Å². The summed E-state index contributed by atoms with van der Waals surface area (Å²) >= 11 is 0. The van der Waals surface area contributed by atoms with E-state index < -0.39 is 17.8 Å². The van der Waals surface area contributed by atoms with E-state index in [1.54, 1.807) is 24.3 Å². The van der Waals surface area contributed by atoms with Crippen molar-refractivity contribution in [3.05, 3.63) is 59.2 Å². The summed E-state index contributed by atoms with van der Waals surface area (Å²) in [6.07, 6.45) is 0.701. The first-order valence-electron chi connectivity index (χ1n) is 8.87. The topological polar surface area (TPSA) is 117 Å². The van der Waals surface area contributed by atoms with Crippen molar-refractivity contribution in [3.63, 3.8) is 0 Å². The molecule has 0 fully saturated rings. The van der Waals surface area contributed by atoms with Crippen LogP contribution in [0.25, 0.3) is 0 Å². The maximum atomic E-state index is 12.8. The largest absolute Gasteiger partial charge is 0.462 e. The lowest BCUT2D eigenvalue weighted by Gasteiger charge is -2.14.